The third-order valence-corrected chi connectivity index (χ3v) is 8.81. The highest BCUT2D eigenvalue weighted by molar-refractivity contribution is 8.00. The van der Waals surface area contributed by atoms with Gasteiger partial charge in [0.2, 0.25) is 5.91 Å². The number of rotatable bonds is 10. The van der Waals surface area contributed by atoms with Crippen molar-refractivity contribution in [1.29, 1.82) is 0 Å². The number of carboxylic acid groups (broad SMARTS) is 1. The molecule has 1 fully saturated rings. The first kappa shape index (κ1) is 28.2. The molecule has 0 saturated carbocycles. The van der Waals surface area contributed by atoms with Crippen LogP contribution in [0, 0.1) is 0 Å². The van der Waals surface area contributed by atoms with Crippen LogP contribution >= 0.6 is 46.7 Å². The third kappa shape index (κ3) is 6.26. The normalized spacial score (nSPS) is 18.5. The van der Waals surface area contributed by atoms with Gasteiger partial charge in [0, 0.05) is 40.4 Å². The Hall–Kier alpha value is -2.77. The first-order valence-corrected chi connectivity index (χ1v) is 14.2. The van der Waals surface area contributed by atoms with E-state index in [1.807, 2.05) is 0 Å². The molecule has 2 aromatic rings. The number of amides is 3. The molecule has 2 aliphatic rings. The van der Waals surface area contributed by atoms with Crippen LogP contribution < -0.4 is 20.9 Å². The molecule has 1 saturated heterocycles. The van der Waals surface area contributed by atoms with Crippen molar-refractivity contribution in [1.82, 2.24) is 15.5 Å². The van der Waals surface area contributed by atoms with Gasteiger partial charge in [-0.1, -0.05) is 23.2 Å². The summed E-state index contributed by atoms with van der Waals surface area (Å²) in [4.78, 5) is 51.8. The van der Waals surface area contributed by atoms with Crippen molar-refractivity contribution < 1.29 is 28.9 Å². The van der Waals surface area contributed by atoms with Gasteiger partial charge in [-0.25, -0.2) is 9.36 Å². The highest BCUT2D eigenvalue weighted by Gasteiger charge is 2.54. The van der Waals surface area contributed by atoms with Gasteiger partial charge in [0.15, 0.2) is 18.9 Å². The van der Waals surface area contributed by atoms with Crippen LogP contribution in [0.15, 0.2) is 58.9 Å². The number of carbonyl (C=O) groups excluding carboxylic acids is 3. The fourth-order valence-corrected chi connectivity index (χ4v) is 6.65. The van der Waals surface area contributed by atoms with Crippen LogP contribution in [0.5, 0.6) is 0 Å². The van der Waals surface area contributed by atoms with Gasteiger partial charge in [-0.15, -0.1) is 23.5 Å². The lowest BCUT2D eigenvalue weighted by molar-refractivity contribution is -0.689. The molecule has 2 aliphatic heterocycles. The quantitative estimate of drug-likeness (QED) is 0.183. The summed E-state index contributed by atoms with van der Waals surface area (Å²) in [5.74, 6) is -2.03. The molecule has 0 aliphatic carbocycles. The largest absolute Gasteiger partial charge is 0.477 e. The fourth-order valence-electron chi connectivity index (χ4n) is 4.01. The first-order chi connectivity index (χ1) is 18.2. The monoisotopic (exact) mass is 596 g/mol. The number of carbonyl (C=O) groups is 4. The van der Waals surface area contributed by atoms with E-state index in [2.05, 4.69) is 10.6 Å². The number of hydrogen-bond donors (Lipinski definition) is 4. The minimum absolute atomic E-state index is 0.0138. The van der Waals surface area contributed by atoms with Crippen LogP contribution in [0.3, 0.4) is 0 Å². The van der Waals surface area contributed by atoms with Gasteiger partial charge >= 0.3 is 5.97 Å². The average molecular weight is 598 g/mol. The zero-order valence-corrected chi connectivity index (χ0v) is 23.0. The molecule has 38 heavy (non-hydrogen) atoms. The number of hydrogen-bond acceptors (Lipinski definition) is 7. The molecular weight excluding hydrogens is 573 g/mol. The number of halogens is 2. The summed E-state index contributed by atoms with van der Waals surface area (Å²) in [5.41, 5.74) is 6.25. The van der Waals surface area contributed by atoms with Crippen molar-refractivity contribution in [2.75, 3.05) is 24.6 Å². The molecule has 5 N–H and O–H groups in total. The van der Waals surface area contributed by atoms with E-state index in [0.29, 0.717) is 44.9 Å². The number of carboxylic acids is 1. The lowest BCUT2D eigenvalue weighted by Crippen LogP contribution is -2.71. The summed E-state index contributed by atoms with van der Waals surface area (Å²) in [6.07, 6.45) is 3.33. The average Bonchev–Trinajstić information content (AvgIpc) is 2.90. The molecule has 1 aromatic heterocycles. The fraction of sp³-hybridized carbons (Fsp3) is 0.292. The summed E-state index contributed by atoms with van der Waals surface area (Å²) >= 11 is 14.7. The second-order valence-corrected chi connectivity index (χ2v) is 11.4. The van der Waals surface area contributed by atoms with E-state index in [1.54, 1.807) is 47.3 Å². The lowest BCUT2D eigenvalue weighted by atomic mass is 10.0. The number of aliphatic carboxylic acids is 1. The smallest absolute Gasteiger partial charge is 0.352 e. The number of pyridine rings is 1. The first-order valence-electron chi connectivity index (χ1n) is 11.4. The predicted molar refractivity (Wildman–Crippen MR) is 145 cm³/mol. The van der Waals surface area contributed by atoms with E-state index in [0.717, 1.165) is 0 Å². The van der Waals surface area contributed by atoms with Gasteiger partial charge in [-0.3, -0.25) is 19.3 Å². The molecule has 0 spiro atoms. The zero-order valence-electron chi connectivity index (χ0n) is 19.9. The van der Waals surface area contributed by atoms with Crippen LogP contribution in [0.2, 0.25) is 10.0 Å². The maximum absolute atomic E-state index is 12.9. The van der Waals surface area contributed by atoms with Crippen LogP contribution in [-0.4, -0.2) is 69.7 Å². The molecule has 2 atom stereocenters. The highest BCUT2D eigenvalue weighted by atomic mass is 35.5. The third-order valence-electron chi connectivity index (χ3n) is 5.74. The summed E-state index contributed by atoms with van der Waals surface area (Å²) in [7, 11) is 0. The topological polar surface area (TPSA) is 146 Å². The van der Waals surface area contributed by atoms with Crippen molar-refractivity contribution in [3.05, 3.63) is 69.6 Å². The number of thioether (sulfide) groups is 2. The van der Waals surface area contributed by atoms with E-state index in [1.165, 1.54) is 28.4 Å². The van der Waals surface area contributed by atoms with E-state index in [4.69, 9.17) is 28.9 Å². The maximum Gasteiger partial charge on any atom is 0.352 e. The Balaban J connectivity index is 1.42. The Morgan fingerprint density at radius 2 is 2.05 bits per heavy atom. The molecule has 0 bridgehead atoms. The Labute approximate surface area is 236 Å². The van der Waals surface area contributed by atoms with Crippen molar-refractivity contribution >= 4 is 70.4 Å². The molecule has 4 rings (SSSR count). The zero-order chi connectivity index (χ0) is 27.4. The Morgan fingerprint density at radius 3 is 2.79 bits per heavy atom. The van der Waals surface area contributed by atoms with Crippen LogP contribution in [0.4, 0.5) is 0 Å². The number of nitrogens with two attached hydrogens (primary N) is 1. The van der Waals surface area contributed by atoms with Crippen LogP contribution in [0.25, 0.3) is 0 Å². The molecule has 1 aromatic carbocycles. The van der Waals surface area contributed by atoms with Gasteiger partial charge in [0.1, 0.15) is 22.7 Å². The molecule has 0 unspecified atom stereocenters. The molecule has 3 heterocycles. The number of benzene rings is 1. The van der Waals surface area contributed by atoms with Crippen molar-refractivity contribution in [3.63, 3.8) is 0 Å². The number of nitrogens with one attached hydrogen (secondary N) is 2. The van der Waals surface area contributed by atoms with Crippen molar-refractivity contribution in [2.24, 2.45) is 5.73 Å². The Bertz CT molecular complexity index is 1320. The summed E-state index contributed by atoms with van der Waals surface area (Å²) < 4.78 is 1.69. The lowest BCUT2D eigenvalue weighted by Gasteiger charge is -2.49. The SMILES string of the molecule is NCCNC(=O)c1ccc[n+](CC2=C(C(=O)O)N3C(=O)[C@@H](NC(=O)CSc4cc(Cl)ccc4Cl)[C@H]3SC2)c1. The van der Waals surface area contributed by atoms with Crippen molar-refractivity contribution in [2.45, 2.75) is 22.9 Å². The van der Waals surface area contributed by atoms with Crippen molar-refractivity contribution in [3.8, 4) is 0 Å². The van der Waals surface area contributed by atoms with Gasteiger partial charge < -0.3 is 21.5 Å². The van der Waals surface area contributed by atoms with E-state index >= 15 is 0 Å². The van der Waals surface area contributed by atoms with Gasteiger partial charge in [-0.2, -0.15) is 0 Å². The van der Waals surface area contributed by atoms with Gasteiger partial charge in [0.25, 0.3) is 11.8 Å². The minimum Gasteiger partial charge on any atom is -0.477 e. The van der Waals surface area contributed by atoms with Gasteiger partial charge in [-0.05, 0) is 24.3 Å². The van der Waals surface area contributed by atoms with Crippen LogP contribution in [0.1, 0.15) is 10.4 Å². The van der Waals surface area contributed by atoms with E-state index in [-0.39, 0.29) is 29.8 Å². The second-order valence-electron chi connectivity index (χ2n) is 8.39. The molecule has 10 nitrogen and oxygen atoms in total. The maximum atomic E-state index is 12.9. The standard InChI is InChI=1S/C24H23Cl2N5O5S2/c25-15-3-4-16(26)17(8-15)37-12-18(32)29-19-22(34)31-20(24(35)36)14(11-38-23(19)31)10-30-7-1-2-13(9-30)21(33)28-6-5-27/h1-4,7-9,19,23H,5-6,10-12,27H2,(H2-,28,29,32,33,35,36)/p+1/t19-,23-/m1/s1. The molecule has 14 heteroatoms. The second kappa shape index (κ2) is 12.4. The number of fused-ring (bicyclic) bond motifs is 1. The summed E-state index contributed by atoms with van der Waals surface area (Å²) in [6.45, 7) is 0.825. The molecular formula is C24H24Cl2N5O5S2+. The summed E-state index contributed by atoms with van der Waals surface area (Å²) in [5, 5.41) is 15.8. The number of nitrogens with zero attached hydrogens (tertiary/aromatic N) is 2. The Morgan fingerprint density at radius 1 is 1.26 bits per heavy atom. The molecule has 200 valence electrons. The summed E-state index contributed by atoms with van der Waals surface area (Å²) in [6, 6.07) is 7.44. The Kier molecular flexibility index (Phi) is 9.21. The predicted octanol–water partition coefficient (Wildman–Crippen LogP) is 1.50. The van der Waals surface area contributed by atoms with Crippen LogP contribution in [-0.2, 0) is 20.9 Å². The van der Waals surface area contributed by atoms with Gasteiger partial charge in [0.05, 0.1) is 10.8 Å². The highest BCUT2D eigenvalue weighted by Crippen LogP contribution is 2.40. The minimum atomic E-state index is -1.23. The number of β-lactam (4-membered cyclic amide) rings is 1. The van der Waals surface area contributed by atoms with E-state index < -0.39 is 23.3 Å². The molecule has 0 radical (unpaired) electrons. The molecule has 3 amide bonds. The van der Waals surface area contributed by atoms with E-state index in [9.17, 15) is 24.3 Å². The number of aromatic nitrogens is 1.